The van der Waals surface area contributed by atoms with Gasteiger partial charge in [-0.15, -0.1) is 0 Å². The molecule has 0 saturated heterocycles. The molecule has 0 aliphatic carbocycles. The van der Waals surface area contributed by atoms with E-state index < -0.39 is 15.8 Å². The average molecular weight is 333 g/mol. The summed E-state index contributed by atoms with van der Waals surface area (Å²) in [6.45, 7) is 2.11. The predicted molar refractivity (Wildman–Crippen MR) is 91.9 cm³/mol. The zero-order valence-corrected chi connectivity index (χ0v) is 14.9. The third kappa shape index (κ3) is 12.9. The van der Waals surface area contributed by atoms with Gasteiger partial charge in [-0.05, 0) is 25.7 Å². The van der Waals surface area contributed by atoms with Crippen LogP contribution in [0.3, 0.4) is 0 Å². The van der Waals surface area contributed by atoms with Gasteiger partial charge in [-0.1, -0.05) is 57.6 Å². The summed E-state index contributed by atoms with van der Waals surface area (Å²) in [5.74, 6) is -0.724. The number of allylic oxidation sites excluding steroid dienone is 1. The van der Waals surface area contributed by atoms with Crippen LogP contribution >= 0.6 is 0 Å². The standard InChI is InChI=1S/C17H32O4S/c1-3-4-10-13-16(22(2,20)21)14-11-8-6-5-7-9-12-15-17(18)19/h11,14,16H,3-10,12-13,15H2,1-2H3,(H,18,19)/b14-11+. The molecule has 0 rings (SSSR count). The van der Waals surface area contributed by atoms with Gasteiger partial charge >= 0.3 is 5.97 Å². The van der Waals surface area contributed by atoms with Crippen LogP contribution in [0.2, 0.25) is 0 Å². The van der Waals surface area contributed by atoms with Crippen molar-refractivity contribution in [2.24, 2.45) is 0 Å². The molecule has 1 N–H and O–H groups in total. The number of carbonyl (C=O) groups is 1. The molecule has 0 aromatic carbocycles. The largest absolute Gasteiger partial charge is 0.481 e. The van der Waals surface area contributed by atoms with Crippen molar-refractivity contribution < 1.29 is 18.3 Å². The second-order valence-electron chi connectivity index (χ2n) is 5.99. The molecule has 1 unspecified atom stereocenters. The molecule has 4 nitrogen and oxygen atoms in total. The maximum absolute atomic E-state index is 11.7. The molecule has 5 heteroatoms. The van der Waals surface area contributed by atoms with Crippen LogP contribution < -0.4 is 0 Å². The lowest BCUT2D eigenvalue weighted by molar-refractivity contribution is -0.137. The third-order valence-corrected chi connectivity index (χ3v) is 5.25. The van der Waals surface area contributed by atoms with E-state index in [1.165, 1.54) is 6.26 Å². The molecule has 0 fully saturated rings. The molecular weight excluding hydrogens is 300 g/mol. The summed E-state index contributed by atoms with van der Waals surface area (Å²) < 4.78 is 23.4. The number of hydrogen-bond donors (Lipinski definition) is 1. The van der Waals surface area contributed by atoms with Crippen molar-refractivity contribution >= 4 is 15.8 Å². The van der Waals surface area contributed by atoms with Crippen LogP contribution in [0, 0.1) is 0 Å². The van der Waals surface area contributed by atoms with Crippen LogP contribution in [0.5, 0.6) is 0 Å². The number of hydrogen-bond acceptors (Lipinski definition) is 3. The highest BCUT2D eigenvalue weighted by atomic mass is 32.2. The van der Waals surface area contributed by atoms with E-state index in [-0.39, 0.29) is 11.7 Å². The van der Waals surface area contributed by atoms with Gasteiger partial charge in [-0.2, -0.15) is 0 Å². The molecule has 22 heavy (non-hydrogen) atoms. The summed E-state index contributed by atoms with van der Waals surface area (Å²) in [5.41, 5.74) is 0. The summed E-state index contributed by atoms with van der Waals surface area (Å²) in [6, 6.07) is 0. The summed E-state index contributed by atoms with van der Waals surface area (Å²) in [7, 11) is -3.00. The first-order valence-electron chi connectivity index (χ1n) is 8.45. The average Bonchev–Trinajstić information content (AvgIpc) is 2.42. The van der Waals surface area contributed by atoms with Crippen LogP contribution in [-0.2, 0) is 14.6 Å². The highest BCUT2D eigenvalue weighted by Crippen LogP contribution is 2.13. The fourth-order valence-corrected chi connectivity index (χ4v) is 3.36. The molecule has 0 radical (unpaired) electrons. The lowest BCUT2D eigenvalue weighted by Crippen LogP contribution is -2.17. The van der Waals surface area contributed by atoms with E-state index >= 15 is 0 Å². The van der Waals surface area contributed by atoms with E-state index in [0.29, 0.717) is 0 Å². The summed E-state index contributed by atoms with van der Waals surface area (Å²) in [6.07, 6.45) is 15.1. The number of aliphatic carboxylic acids is 1. The van der Waals surface area contributed by atoms with E-state index in [9.17, 15) is 13.2 Å². The minimum atomic E-state index is -3.00. The molecule has 0 spiro atoms. The minimum absolute atomic E-state index is 0.258. The fourth-order valence-electron chi connectivity index (χ4n) is 2.37. The van der Waals surface area contributed by atoms with E-state index in [2.05, 4.69) is 6.92 Å². The van der Waals surface area contributed by atoms with Crippen molar-refractivity contribution in [3.8, 4) is 0 Å². The maximum Gasteiger partial charge on any atom is 0.303 e. The maximum atomic E-state index is 11.7. The fraction of sp³-hybridized carbons (Fsp3) is 0.824. The topological polar surface area (TPSA) is 71.4 Å². The Hall–Kier alpha value is -0.840. The Morgan fingerprint density at radius 2 is 1.68 bits per heavy atom. The van der Waals surface area contributed by atoms with Gasteiger partial charge in [0.05, 0.1) is 5.25 Å². The van der Waals surface area contributed by atoms with Crippen molar-refractivity contribution in [3.05, 3.63) is 12.2 Å². The molecule has 0 bridgehead atoms. The second-order valence-corrected chi connectivity index (χ2v) is 8.26. The van der Waals surface area contributed by atoms with Crippen LogP contribution in [0.15, 0.2) is 12.2 Å². The smallest absolute Gasteiger partial charge is 0.303 e. The normalized spacial score (nSPS) is 13.5. The second kappa shape index (κ2) is 12.7. The zero-order valence-electron chi connectivity index (χ0n) is 14.1. The SMILES string of the molecule is CCCCCC(/C=C/CCCCCCCC(=O)O)S(C)(=O)=O. The lowest BCUT2D eigenvalue weighted by atomic mass is 10.1. The molecule has 0 saturated carbocycles. The van der Waals surface area contributed by atoms with E-state index in [0.717, 1.165) is 64.2 Å². The van der Waals surface area contributed by atoms with Crippen molar-refractivity contribution in [1.82, 2.24) is 0 Å². The van der Waals surface area contributed by atoms with Gasteiger partial charge in [0.1, 0.15) is 0 Å². The number of rotatable bonds is 14. The summed E-state index contributed by atoms with van der Waals surface area (Å²) in [4.78, 5) is 10.4. The number of sulfone groups is 1. The van der Waals surface area contributed by atoms with Crippen molar-refractivity contribution in [2.75, 3.05) is 6.26 Å². The molecule has 0 amide bonds. The summed E-state index contributed by atoms with van der Waals surface area (Å²) in [5, 5.41) is 8.18. The highest BCUT2D eigenvalue weighted by molar-refractivity contribution is 7.91. The minimum Gasteiger partial charge on any atom is -0.481 e. The summed E-state index contributed by atoms with van der Waals surface area (Å²) >= 11 is 0. The first kappa shape index (κ1) is 21.2. The van der Waals surface area contributed by atoms with Gasteiger partial charge in [0.15, 0.2) is 9.84 Å². The van der Waals surface area contributed by atoms with Gasteiger partial charge in [-0.25, -0.2) is 8.42 Å². The van der Waals surface area contributed by atoms with Crippen LogP contribution in [0.1, 0.15) is 77.6 Å². The third-order valence-electron chi connectivity index (χ3n) is 3.75. The van der Waals surface area contributed by atoms with Crippen LogP contribution in [0.4, 0.5) is 0 Å². The lowest BCUT2D eigenvalue weighted by Gasteiger charge is -2.10. The molecule has 0 aromatic heterocycles. The molecule has 0 aromatic rings. The Labute approximate surface area is 135 Å². The number of carboxylic acids is 1. The van der Waals surface area contributed by atoms with Gasteiger partial charge < -0.3 is 5.11 Å². The Morgan fingerprint density at radius 1 is 1.05 bits per heavy atom. The first-order valence-corrected chi connectivity index (χ1v) is 10.4. The first-order chi connectivity index (χ1) is 10.4. The molecule has 1 atom stereocenters. The van der Waals surface area contributed by atoms with Crippen molar-refractivity contribution in [3.63, 3.8) is 0 Å². The Bertz CT molecular complexity index is 412. The van der Waals surface area contributed by atoms with E-state index in [4.69, 9.17) is 5.11 Å². The number of unbranched alkanes of at least 4 members (excludes halogenated alkanes) is 7. The van der Waals surface area contributed by atoms with Crippen molar-refractivity contribution in [1.29, 1.82) is 0 Å². The Kier molecular flexibility index (Phi) is 12.2. The molecule has 0 aliphatic heterocycles. The Balaban J connectivity index is 3.84. The Morgan fingerprint density at radius 3 is 2.27 bits per heavy atom. The van der Waals surface area contributed by atoms with E-state index in [1.54, 1.807) is 0 Å². The van der Waals surface area contributed by atoms with Crippen LogP contribution in [-0.4, -0.2) is 31.0 Å². The zero-order chi connectivity index (χ0) is 16.8. The molecule has 0 aliphatic rings. The quantitative estimate of drug-likeness (QED) is 0.379. The molecular formula is C17H32O4S. The van der Waals surface area contributed by atoms with Gasteiger partial charge in [0, 0.05) is 12.7 Å². The van der Waals surface area contributed by atoms with Gasteiger partial charge in [-0.3, -0.25) is 4.79 Å². The molecule has 130 valence electrons. The van der Waals surface area contributed by atoms with Gasteiger partial charge in [0.2, 0.25) is 0 Å². The van der Waals surface area contributed by atoms with Crippen molar-refractivity contribution in [2.45, 2.75) is 82.8 Å². The molecule has 0 heterocycles. The van der Waals surface area contributed by atoms with Crippen LogP contribution in [0.25, 0.3) is 0 Å². The highest BCUT2D eigenvalue weighted by Gasteiger charge is 2.16. The number of carboxylic acid groups (broad SMARTS) is 1. The van der Waals surface area contributed by atoms with E-state index in [1.807, 2.05) is 12.2 Å². The van der Waals surface area contributed by atoms with Gasteiger partial charge in [0.25, 0.3) is 0 Å². The monoisotopic (exact) mass is 332 g/mol. The predicted octanol–water partition coefficient (Wildman–Crippen LogP) is 4.35.